The minimum atomic E-state index is -6.26. The summed E-state index contributed by atoms with van der Waals surface area (Å²) >= 11 is 0. The second-order valence-corrected chi connectivity index (χ2v) is 8.01. The Labute approximate surface area is 190 Å². The van der Waals surface area contributed by atoms with Crippen molar-refractivity contribution in [2.45, 2.75) is 50.6 Å². The SMILES string of the molecule is Cc1cccc(C(=O)Nc2ccc(C(F)(C(F)(F)F)C(F)(F)F)cc2)c1C(O)NC(C)(C)C#N. The molecule has 34 heavy (non-hydrogen) atoms. The topological polar surface area (TPSA) is 85.2 Å². The quantitative estimate of drug-likeness (QED) is 0.372. The van der Waals surface area contributed by atoms with Crippen LogP contribution in [-0.2, 0) is 5.67 Å². The summed E-state index contributed by atoms with van der Waals surface area (Å²) in [4.78, 5) is 12.8. The van der Waals surface area contributed by atoms with Gasteiger partial charge in [-0.1, -0.05) is 24.3 Å². The number of carbonyl (C=O) groups excluding carboxylic acids is 1. The maximum absolute atomic E-state index is 14.2. The number of benzene rings is 2. The van der Waals surface area contributed by atoms with Crippen LogP contribution in [0.1, 0.15) is 47.1 Å². The van der Waals surface area contributed by atoms with Crippen LogP contribution in [0.4, 0.5) is 36.4 Å². The highest BCUT2D eigenvalue weighted by molar-refractivity contribution is 6.05. The normalized spacial score (nSPS) is 13.8. The molecular weight excluding hydrogens is 471 g/mol. The minimum Gasteiger partial charge on any atom is -0.374 e. The lowest BCUT2D eigenvalue weighted by Gasteiger charge is -2.30. The van der Waals surface area contributed by atoms with Crippen molar-refractivity contribution >= 4 is 11.6 Å². The van der Waals surface area contributed by atoms with Crippen molar-refractivity contribution in [3.05, 3.63) is 64.7 Å². The lowest BCUT2D eigenvalue weighted by molar-refractivity contribution is -0.348. The van der Waals surface area contributed by atoms with Crippen LogP contribution in [0.25, 0.3) is 0 Å². The number of aliphatic hydroxyl groups is 1. The Morgan fingerprint density at radius 3 is 1.97 bits per heavy atom. The summed E-state index contributed by atoms with van der Waals surface area (Å²) in [5, 5.41) is 24.6. The molecule has 0 aliphatic heterocycles. The molecule has 0 aliphatic carbocycles. The Hall–Kier alpha value is -3.17. The summed E-state index contributed by atoms with van der Waals surface area (Å²) in [6, 6.07) is 8.28. The predicted molar refractivity (Wildman–Crippen MR) is 108 cm³/mol. The molecule has 0 bridgehead atoms. The highest BCUT2D eigenvalue weighted by Gasteiger charge is 2.73. The van der Waals surface area contributed by atoms with Gasteiger partial charge in [0.25, 0.3) is 5.91 Å². The average molecular weight is 491 g/mol. The first-order valence-corrected chi connectivity index (χ1v) is 9.65. The predicted octanol–water partition coefficient (Wildman–Crippen LogP) is 5.42. The Morgan fingerprint density at radius 1 is 0.971 bits per heavy atom. The fourth-order valence-electron chi connectivity index (χ4n) is 3.16. The third-order valence-electron chi connectivity index (χ3n) is 4.94. The van der Waals surface area contributed by atoms with Gasteiger partial charge >= 0.3 is 18.0 Å². The molecule has 0 radical (unpaired) electrons. The molecule has 2 aromatic rings. The van der Waals surface area contributed by atoms with Gasteiger partial charge in [0.15, 0.2) is 0 Å². The van der Waals surface area contributed by atoms with Crippen molar-refractivity contribution in [2.24, 2.45) is 0 Å². The third kappa shape index (κ3) is 5.31. The number of aliphatic hydroxyl groups excluding tert-OH is 1. The largest absolute Gasteiger partial charge is 0.435 e. The number of halogens is 7. The van der Waals surface area contributed by atoms with Crippen molar-refractivity contribution in [1.82, 2.24) is 5.32 Å². The van der Waals surface area contributed by atoms with Crippen molar-refractivity contribution in [3.63, 3.8) is 0 Å². The van der Waals surface area contributed by atoms with E-state index >= 15 is 0 Å². The molecule has 0 saturated carbocycles. The maximum Gasteiger partial charge on any atom is 0.435 e. The summed E-state index contributed by atoms with van der Waals surface area (Å²) in [6.07, 6.45) is -14.0. The first kappa shape index (κ1) is 27.1. The van der Waals surface area contributed by atoms with Crippen LogP contribution in [0.2, 0.25) is 0 Å². The van der Waals surface area contributed by atoms with Gasteiger partial charge in [-0.15, -0.1) is 0 Å². The van der Waals surface area contributed by atoms with Gasteiger partial charge < -0.3 is 10.4 Å². The van der Waals surface area contributed by atoms with Gasteiger partial charge in [0.2, 0.25) is 0 Å². The van der Waals surface area contributed by atoms with Gasteiger partial charge in [-0.25, -0.2) is 4.39 Å². The van der Waals surface area contributed by atoms with E-state index in [-0.39, 0.29) is 28.9 Å². The second kappa shape index (κ2) is 9.23. The highest BCUT2D eigenvalue weighted by atomic mass is 19.4. The Balaban J connectivity index is 2.36. The molecule has 0 aliphatic rings. The number of aryl methyl sites for hydroxylation is 1. The number of amides is 1. The standard InChI is InChI=1S/C22H20F7N3O2/c1-12-5-4-6-15(16(12)18(34)32-19(2,3)11-30)17(33)31-14-9-7-13(8-10-14)20(23,21(24,25)26)22(27,28)29/h4-10,18,32,34H,1-3H3,(H,31,33). The van der Waals surface area contributed by atoms with Crippen LogP contribution >= 0.6 is 0 Å². The van der Waals surface area contributed by atoms with E-state index in [0.717, 1.165) is 0 Å². The van der Waals surface area contributed by atoms with E-state index in [0.29, 0.717) is 17.7 Å². The molecule has 1 atom stereocenters. The number of hydrogen-bond acceptors (Lipinski definition) is 4. The summed E-state index contributed by atoms with van der Waals surface area (Å²) in [5.41, 5.74) is -8.15. The number of nitriles is 1. The Kier molecular flexibility index (Phi) is 7.35. The number of nitrogens with one attached hydrogen (secondary N) is 2. The monoisotopic (exact) mass is 491 g/mol. The molecule has 0 aromatic heterocycles. The summed E-state index contributed by atoms with van der Waals surface area (Å²) in [7, 11) is 0. The van der Waals surface area contributed by atoms with Crippen molar-refractivity contribution in [1.29, 1.82) is 5.26 Å². The van der Waals surface area contributed by atoms with Crippen molar-refractivity contribution in [2.75, 3.05) is 5.32 Å². The molecule has 184 valence electrons. The third-order valence-corrected chi connectivity index (χ3v) is 4.94. The lowest BCUT2D eigenvalue weighted by Crippen LogP contribution is -2.50. The van der Waals surface area contributed by atoms with Gasteiger partial charge in [-0.2, -0.15) is 31.6 Å². The zero-order valence-electron chi connectivity index (χ0n) is 18.1. The Bertz CT molecular complexity index is 1070. The fraction of sp³-hybridized carbons (Fsp3) is 0.364. The second-order valence-electron chi connectivity index (χ2n) is 8.01. The number of nitrogens with zero attached hydrogens (tertiary/aromatic N) is 1. The van der Waals surface area contributed by atoms with Crippen molar-refractivity contribution in [3.8, 4) is 6.07 Å². The number of alkyl halides is 7. The first-order valence-electron chi connectivity index (χ1n) is 9.65. The minimum absolute atomic E-state index is 0.0664. The van der Waals surface area contributed by atoms with E-state index in [9.17, 15) is 40.6 Å². The molecule has 0 fully saturated rings. The van der Waals surface area contributed by atoms with Gasteiger partial charge in [0.1, 0.15) is 11.8 Å². The molecule has 12 heteroatoms. The Morgan fingerprint density at radius 2 is 1.50 bits per heavy atom. The van der Waals surface area contributed by atoms with E-state index in [1.54, 1.807) is 13.0 Å². The zero-order valence-corrected chi connectivity index (χ0v) is 18.1. The van der Waals surface area contributed by atoms with Gasteiger partial charge in [0.05, 0.1) is 6.07 Å². The molecule has 3 N–H and O–H groups in total. The molecule has 1 unspecified atom stereocenters. The van der Waals surface area contributed by atoms with Crippen LogP contribution in [0, 0.1) is 18.3 Å². The number of rotatable bonds is 6. The van der Waals surface area contributed by atoms with Crippen LogP contribution in [0.3, 0.4) is 0 Å². The molecule has 2 aromatic carbocycles. The van der Waals surface area contributed by atoms with E-state index < -0.39 is 41.3 Å². The summed E-state index contributed by atoms with van der Waals surface area (Å²) < 4.78 is 91.6. The molecule has 2 rings (SSSR count). The first-order chi connectivity index (χ1) is 15.4. The molecule has 0 saturated heterocycles. The molecule has 1 amide bonds. The number of anilines is 1. The van der Waals surface area contributed by atoms with Crippen LogP contribution in [-0.4, -0.2) is 28.9 Å². The van der Waals surface area contributed by atoms with Crippen LogP contribution < -0.4 is 10.6 Å². The van der Waals surface area contributed by atoms with E-state index in [4.69, 9.17) is 5.26 Å². The smallest absolute Gasteiger partial charge is 0.374 e. The molecular formula is C22H20F7N3O2. The molecule has 0 spiro atoms. The van der Waals surface area contributed by atoms with E-state index in [1.807, 2.05) is 6.07 Å². The highest BCUT2D eigenvalue weighted by Crippen LogP contribution is 2.53. The molecule has 0 heterocycles. The van der Waals surface area contributed by atoms with E-state index in [1.165, 1.54) is 26.0 Å². The maximum atomic E-state index is 14.2. The van der Waals surface area contributed by atoms with E-state index in [2.05, 4.69) is 10.6 Å². The summed E-state index contributed by atoms with van der Waals surface area (Å²) in [5.74, 6) is -0.847. The van der Waals surface area contributed by atoms with Crippen molar-refractivity contribution < 1.29 is 40.6 Å². The van der Waals surface area contributed by atoms with Crippen LogP contribution in [0.15, 0.2) is 42.5 Å². The van der Waals surface area contributed by atoms with Gasteiger partial charge in [-0.3, -0.25) is 10.1 Å². The summed E-state index contributed by atoms with van der Waals surface area (Å²) in [6.45, 7) is 4.56. The van der Waals surface area contributed by atoms with Gasteiger partial charge in [0, 0.05) is 22.4 Å². The van der Waals surface area contributed by atoms with Crippen LogP contribution in [0.5, 0.6) is 0 Å². The molecule has 5 nitrogen and oxygen atoms in total. The average Bonchev–Trinajstić information content (AvgIpc) is 2.71. The van der Waals surface area contributed by atoms with Gasteiger partial charge in [-0.05, 0) is 44.5 Å². The number of carbonyl (C=O) groups is 1. The fourth-order valence-corrected chi connectivity index (χ4v) is 3.16. The number of hydrogen-bond donors (Lipinski definition) is 3. The zero-order chi connectivity index (χ0) is 26.1. The lowest BCUT2D eigenvalue weighted by atomic mass is 9.94.